The molecule has 0 aliphatic rings. The van der Waals surface area contributed by atoms with Gasteiger partial charge in [-0.25, -0.2) is 0 Å². The Morgan fingerprint density at radius 3 is 2.29 bits per heavy atom. The predicted molar refractivity (Wildman–Crippen MR) is 87.4 cm³/mol. The van der Waals surface area contributed by atoms with Crippen LogP contribution in [0.15, 0.2) is 42.5 Å². The van der Waals surface area contributed by atoms with E-state index in [4.69, 9.17) is 0 Å². The van der Waals surface area contributed by atoms with Crippen molar-refractivity contribution in [2.45, 2.75) is 40.2 Å². The minimum absolute atomic E-state index is 0.0304. The topological polar surface area (TPSA) is 29.1 Å². The Morgan fingerprint density at radius 2 is 1.62 bits per heavy atom. The molecule has 0 aromatic heterocycles. The number of amides is 1. The monoisotopic (exact) mass is 281 g/mol. The molecule has 2 aromatic rings. The summed E-state index contributed by atoms with van der Waals surface area (Å²) in [5.74, 6) is 0.0623. The number of carbonyl (C=O) groups excluding carboxylic acids is 1. The second kappa shape index (κ2) is 6.57. The molecule has 0 heterocycles. The Kier molecular flexibility index (Phi) is 4.79. The third-order valence-electron chi connectivity index (χ3n) is 3.76. The molecule has 0 aliphatic heterocycles. The highest BCUT2D eigenvalue weighted by molar-refractivity contribution is 5.79. The fourth-order valence-electron chi connectivity index (χ4n) is 2.49. The van der Waals surface area contributed by atoms with Crippen LogP contribution in [0, 0.1) is 20.8 Å². The van der Waals surface area contributed by atoms with E-state index in [2.05, 4.69) is 37.4 Å². The summed E-state index contributed by atoms with van der Waals surface area (Å²) in [5, 5.41) is 3.09. The summed E-state index contributed by atoms with van der Waals surface area (Å²) in [6.07, 6.45) is 0.426. The second-order valence-electron chi connectivity index (χ2n) is 5.81. The maximum atomic E-state index is 12.2. The van der Waals surface area contributed by atoms with Gasteiger partial charge in [0.2, 0.25) is 5.91 Å². The third kappa shape index (κ3) is 4.19. The number of nitrogens with one attached hydrogen (secondary N) is 1. The molecule has 2 aromatic carbocycles. The summed E-state index contributed by atoms with van der Waals surface area (Å²) in [6, 6.07) is 14.5. The summed E-state index contributed by atoms with van der Waals surface area (Å²) < 4.78 is 0. The molecule has 0 saturated carbocycles. The summed E-state index contributed by atoms with van der Waals surface area (Å²) in [4.78, 5) is 12.2. The minimum atomic E-state index is 0.0304. The number of hydrogen-bond donors (Lipinski definition) is 1. The van der Waals surface area contributed by atoms with Gasteiger partial charge in [0.05, 0.1) is 12.5 Å². The molecule has 0 radical (unpaired) electrons. The lowest BCUT2D eigenvalue weighted by molar-refractivity contribution is -0.121. The standard InChI is InChI=1S/C19H23NO/c1-13-6-9-17(10-7-13)12-19(21)20-16(4)18-11-14(2)5-8-15(18)3/h5-11,16H,12H2,1-4H3,(H,20,21)/t16-/m0/s1. The van der Waals surface area contributed by atoms with Crippen LogP contribution in [0.1, 0.15) is 40.8 Å². The Hall–Kier alpha value is -2.09. The fourth-order valence-corrected chi connectivity index (χ4v) is 2.49. The molecule has 21 heavy (non-hydrogen) atoms. The zero-order valence-electron chi connectivity index (χ0n) is 13.2. The van der Waals surface area contributed by atoms with Gasteiger partial charge < -0.3 is 5.32 Å². The summed E-state index contributed by atoms with van der Waals surface area (Å²) in [6.45, 7) is 8.24. The summed E-state index contributed by atoms with van der Waals surface area (Å²) in [7, 11) is 0. The van der Waals surface area contributed by atoms with Crippen LogP contribution in [0.2, 0.25) is 0 Å². The van der Waals surface area contributed by atoms with E-state index in [-0.39, 0.29) is 11.9 Å². The van der Waals surface area contributed by atoms with Crippen LogP contribution >= 0.6 is 0 Å². The van der Waals surface area contributed by atoms with Crippen molar-refractivity contribution >= 4 is 5.91 Å². The first-order valence-corrected chi connectivity index (χ1v) is 7.38. The molecule has 2 rings (SSSR count). The Morgan fingerprint density at radius 1 is 1.00 bits per heavy atom. The van der Waals surface area contributed by atoms with E-state index in [9.17, 15) is 4.79 Å². The Bertz CT molecular complexity index is 629. The molecular weight excluding hydrogens is 258 g/mol. The van der Waals surface area contributed by atoms with Gasteiger partial charge in [-0.15, -0.1) is 0 Å². The lowest BCUT2D eigenvalue weighted by Crippen LogP contribution is -2.28. The van der Waals surface area contributed by atoms with Crippen molar-refractivity contribution in [1.82, 2.24) is 5.32 Å². The lowest BCUT2D eigenvalue weighted by atomic mass is 9.99. The van der Waals surface area contributed by atoms with Crippen LogP contribution in [0.3, 0.4) is 0 Å². The number of benzene rings is 2. The highest BCUT2D eigenvalue weighted by Gasteiger charge is 2.12. The van der Waals surface area contributed by atoms with Crippen LogP contribution in [0.25, 0.3) is 0 Å². The van der Waals surface area contributed by atoms with Gasteiger partial charge in [0.25, 0.3) is 0 Å². The second-order valence-corrected chi connectivity index (χ2v) is 5.81. The molecule has 2 heteroatoms. The van der Waals surface area contributed by atoms with Crippen molar-refractivity contribution in [1.29, 1.82) is 0 Å². The molecule has 0 unspecified atom stereocenters. The van der Waals surface area contributed by atoms with Gasteiger partial charge in [0, 0.05) is 0 Å². The van der Waals surface area contributed by atoms with Crippen molar-refractivity contribution in [3.63, 3.8) is 0 Å². The van der Waals surface area contributed by atoms with E-state index >= 15 is 0 Å². The quantitative estimate of drug-likeness (QED) is 0.900. The number of aryl methyl sites for hydroxylation is 3. The molecular formula is C19H23NO. The van der Waals surface area contributed by atoms with Crippen LogP contribution < -0.4 is 5.32 Å². The summed E-state index contributed by atoms with van der Waals surface area (Å²) in [5.41, 5.74) is 5.88. The maximum absolute atomic E-state index is 12.2. The molecule has 2 nitrogen and oxygen atoms in total. The van der Waals surface area contributed by atoms with E-state index in [0.29, 0.717) is 6.42 Å². The van der Waals surface area contributed by atoms with Gasteiger partial charge in [-0.2, -0.15) is 0 Å². The molecule has 0 spiro atoms. The maximum Gasteiger partial charge on any atom is 0.224 e. The van der Waals surface area contributed by atoms with Crippen LogP contribution in [-0.2, 0) is 11.2 Å². The average Bonchev–Trinajstić information content (AvgIpc) is 2.44. The molecule has 0 aliphatic carbocycles. The fraction of sp³-hybridized carbons (Fsp3) is 0.316. The van der Waals surface area contributed by atoms with Crippen molar-refractivity contribution in [2.24, 2.45) is 0 Å². The predicted octanol–water partition coefficient (Wildman–Crippen LogP) is 4.03. The number of rotatable bonds is 4. The van der Waals surface area contributed by atoms with E-state index in [0.717, 1.165) is 5.56 Å². The first-order valence-electron chi connectivity index (χ1n) is 7.38. The molecule has 110 valence electrons. The zero-order valence-corrected chi connectivity index (χ0v) is 13.2. The van der Waals surface area contributed by atoms with Gasteiger partial charge in [-0.3, -0.25) is 4.79 Å². The first-order chi connectivity index (χ1) is 9.95. The first kappa shape index (κ1) is 15.3. The highest BCUT2D eigenvalue weighted by Crippen LogP contribution is 2.19. The highest BCUT2D eigenvalue weighted by atomic mass is 16.1. The molecule has 0 bridgehead atoms. The zero-order chi connectivity index (χ0) is 15.4. The largest absolute Gasteiger partial charge is 0.349 e. The van der Waals surface area contributed by atoms with Crippen molar-refractivity contribution in [3.05, 3.63) is 70.3 Å². The molecule has 0 saturated heterocycles. The lowest BCUT2D eigenvalue weighted by Gasteiger charge is -2.17. The van der Waals surface area contributed by atoms with E-state index in [1.165, 1.54) is 22.3 Å². The summed E-state index contributed by atoms with van der Waals surface area (Å²) >= 11 is 0. The number of hydrogen-bond acceptors (Lipinski definition) is 1. The van der Waals surface area contributed by atoms with E-state index in [1.54, 1.807) is 0 Å². The van der Waals surface area contributed by atoms with Gasteiger partial charge in [0.1, 0.15) is 0 Å². The normalized spacial score (nSPS) is 12.0. The average molecular weight is 281 g/mol. The van der Waals surface area contributed by atoms with Crippen molar-refractivity contribution in [2.75, 3.05) is 0 Å². The van der Waals surface area contributed by atoms with Gasteiger partial charge in [-0.1, -0.05) is 53.6 Å². The van der Waals surface area contributed by atoms with E-state index in [1.807, 2.05) is 38.1 Å². The molecule has 0 fully saturated rings. The Labute approximate surface area is 127 Å². The SMILES string of the molecule is Cc1ccc(CC(=O)N[C@@H](C)c2cc(C)ccc2C)cc1. The van der Waals surface area contributed by atoms with Crippen LogP contribution in [0.5, 0.6) is 0 Å². The molecule has 1 atom stereocenters. The van der Waals surface area contributed by atoms with E-state index < -0.39 is 0 Å². The smallest absolute Gasteiger partial charge is 0.224 e. The van der Waals surface area contributed by atoms with Gasteiger partial charge in [0.15, 0.2) is 0 Å². The van der Waals surface area contributed by atoms with Gasteiger partial charge in [-0.05, 0) is 44.4 Å². The van der Waals surface area contributed by atoms with Gasteiger partial charge >= 0.3 is 0 Å². The Balaban J connectivity index is 2.01. The van der Waals surface area contributed by atoms with Crippen LogP contribution in [-0.4, -0.2) is 5.91 Å². The van der Waals surface area contributed by atoms with Crippen LogP contribution in [0.4, 0.5) is 0 Å². The van der Waals surface area contributed by atoms with Crippen molar-refractivity contribution < 1.29 is 4.79 Å². The minimum Gasteiger partial charge on any atom is -0.349 e. The third-order valence-corrected chi connectivity index (χ3v) is 3.76. The van der Waals surface area contributed by atoms with Crippen molar-refractivity contribution in [3.8, 4) is 0 Å². The molecule has 1 N–H and O–H groups in total. The number of carbonyl (C=O) groups is 1. The molecule has 1 amide bonds.